The molecule has 2 unspecified atom stereocenters. The van der Waals surface area contributed by atoms with Gasteiger partial charge in [0.1, 0.15) is 6.33 Å². The summed E-state index contributed by atoms with van der Waals surface area (Å²) in [6.45, 7) is 6.45. The predicted octanol–water partition coefficient (Wildman–Crippen LogP) is 0.731. The number of carbonyl (C=O) groups is 1. The van der Waals surface area contributed by atoms with E-state index in [2.05, 4.69) is 20.3 Å². The predicted molar refractivity (Wildman–Crippen MR) is 88.3 cm³/mol. The number of carbonyl (C=O) groups excluding carboxylic acids is 1. The average molecular weight is 320 g/mol. The van der Waals surface area contributed by atoms with Gasteiger partial charge in [0.25, 0.3) is 0 Å². The van der Waals surface area contributed by atoms with E-state index in [0.29, 0.717) is 19.5 Å². The van der Waals surface area contributed by atoms with E-state index < -0.39 is 0 Å². The van der Waals surface area contributed by atoms with Crippen LogP contribution in [0.5, 0.6) is 0 Å². The molecule has 2 aromatic heterocycles. The lowest BCUT2D eigenvalue weighted by atomic mass is 10.1. The van der Waals surface area contributed by atoms with Crippen molar-refractivity contribution in [2.45, 2.75) is 39.3 Å². The molecule has 2 N–H and O–H groups in total. The first-order chi connectivity index (χ1) is 10.9. The minimum Gasteiger partial charge on any atom is -0.393 e. The molecule has 0 spiro atoms. The molecule has 0 aromatic carbocycles. The van der Waals surface area contributed by atoms with Crippen molar-refractivity contribution in [3.63, 3.8) is 0 Å². The van der Waals surface area contributed by atoms with E-state index in [1.165, 1.54) is 13.3 Å². The first kappa shape index (κ1) is 17.1. The summed E-state index contributed by atoms with van der Waals surface area (Å²) in [5, 5.41) is 12.3. The monoisotopic (exact) mass is 320 g/mol. The zero-order chi connectivity index (χ0) is 17.0. The Morgan fingerprint density at radius 2 is 2.13 bits per heavy atom. The van der Waals surface area contributed by atoms with Crippen molar-refractivity contribution in [3.05, 3.63) is 12.7 Å². The third-order valence-electron chi connectivity index (χ3n) is 3.68. The molecule has 0 saturated carbocycles. The molecule has 2 heterocycles. The maximum atomic E-state index is 10.9. The second-order valence-corrected chi connectivity index (χ2v) is 5.86. The van der Waals surface area contributed by atoms with Crippen molar-refractivity contribution in [1.82, 2.24) is 24.8 Å². The Bertz CT molecular complexity index is 669. The lowest BCUT2D eigenvalue weighted by Gasteiger charge is -2.19. The highest BCUT2D eigenvalue weighted by molar-refractivity contribution is 5.83. The Morgan fingerprint density at radius 3 is 2.78 bits per heavy atom. The van der Waals surface area contributed by atoms with Crippen LogP contribution in [0.1, 0.15) is 33.2 Å². The van der Waals surface area contributed by atoms with Crippen LogP contribution >= 0.6 is 0 Å². The lowest BCUT2D eigenvalue weighted by molar-refractivity contribution is -0.118. The van der Waals surface area contributed by atoms with E-state index >= 15 is 0 Å². The van der Waals surface area contributed by atoms with Gasteiger partial charge >= 0.3 is 0 Å². The van der Waals surface area contributed by atoms with Gasteiger partial charge in [0.15, 0.2) is 17.0 Å². The number of aromatic nitrogens is 4. The minimum atomic E-state index is -0.385. The van der Waals surface area contributed by atoms with Crippen LogP contribution in [0.3, 0.4) is 0 Å². The third-order valence-corrected chi connectivity index (χ3v) is 3.68. The second-order valence-electron chi connectivity index (χ2n) is 5.86. The molecule has 0 bridgehead atoms. The molecule has 8 heteroatoms. The summed E-state index contributed by atoms with van der Waals surface area (Å²) in [7, 11) is 1.90. The van der Waals surface area contributed by atoms with Crippen molar-refractivity contribution in [3.8, 4) is 0 Å². The summed E-state index contributed by atoms with van der Waals surface area (Å²) >= 11 is 0. The van der Waals surface area contributed by atoms with Crippen LogP contribution in [0.4, 0.5) is 5.82 Å². The van der Waals surface area contributed by atoms with E-state index in [9.17, 15) is 9.90 Å². The molecule has 126 valence electrons. The number of anilines is 1. The van der Waals surface area contributed by atoms with Crippen molar-refractivity contribution in [1.29, 1.82) is 0 Å². The molecule has 1 amide bonds. The van der Waals surface area contributed by atoms with Crippen LogP contribution in [-0.2, 0) is 4.79 Å². The van der Waals surface area contributed by atoms with E-state index in [4.69, 9.17) is 0 Å². The highest BCUT2D eigenvalue weighted by atomic mass is 16.3. The first-order valence-corrected chi connectivity index (χ1v) is 7.71. The van der Waals surface area contributed by atoms with Gasteiger partial charge in [-0.05, 0) is 20.3 Å². The summed E-state index contributed by atoms with van der Waals surface area (Å²) in [6.07, 6.45) is 3.49. The van der Waals surface area contributed by atoms with Crippen molar-refractivity contribution >= 4 is 22.9 Å². The SMILES string of the molecule is CC(=O)NCCN(C)c1ncnc2c1ncn2C(C)CC(C)O. The number of hydrogen-bond donors (Lipinski definition) is 2. The molecule has 0 aliphatic carbocycles. The molecule has 0 fully saturated rings. The van der Waals surface area contributed by atoms with Crippen LogP contribution in [-0.4, -0.2) is 56.8 Å². The number of rotatable bonds is 7. The van der Waals surface area contributed by atoms with E-state index in [1.54, 1.807) is 13.3 Å². The Balaban J connectivity index is 2.22. The number of amides is 1. The summed E-state index contributed by atoms with van der Waals surface area (Å²) in [5.74, 6) is 0.672. The standard InChI is InChI=1S/C15H24N6O2/c1-10(7-11(2)22)21-9-19-13-14(17-8-18-15(13)21)20(4)6-5-16-12(3)23/h8-11,22H,5-7H2,1-4H3,(H,16,23). The summed E-state index contributed by atoms with van der Waals surface area (Å²) in [5.41, 5.74) is 1.46. The molecule has 0 aliphatic heterocycles. The van der Waals surface area contributed by atoms with Crippen LogP contribution < -0.4 is 10.2 Å². The van der Waals surface area contributed by atoms with Crippen molar-refractivity contribution in [2.75, 3.05) is 25.0 Å². The number of fused-ring (bicyclic) bond motifs is 1. The van der Waals surface area contributed by atoms with E-state index in [-0.39, 0.29) is 18.1 Å². The van der Waals surface area contributed by atoms with Crippen LogP contribution in [0.15, 0.2) is 12.7 Å². The molecule has 23 heavy (non-hydrogen) atoms. The van der Waals surface area contributed by atoms with Gasteiger partial charge in [-0.1, -0.05) is 0 Å². The Labute approximate surface area is 135 Å². The van der Waals surface area contributed by atoms with Gasteiger partial charge < -0.3 is 19.9 Å². The van der Waals surface area contributed by atoms with Gasteiger partial charge in [0, 0.05) is 33.1 Å². The number of imidazole rings is 1. The van der Waals surface area contributed by atoms with E-state index in [1.807, 2.05) is 23.4 Å². The maximum Gasteiger partial charge on any atom is 0.216 e. The number of aliphatic hydroxyl groups is 1. The second kappa shape index (κ2) is 7.36. The molecule has 2 rings (SSSR count). The molecule has 0 aliphatic rings. The van der Waals surface area contributed by atoms with Gasteiger partial charge in [0.05, 0.1) is 12.4 Å². The lowest BCUT2D eigenvalue weighted by Crippen LogP contribution is -2.32. The van der Waals surface area contributed by atoms with Crippen LogP contribution in [0.25, 0.3) is 11.2 Å². The zero-order valence-corrected chi connectivity index (χ0v) is 14.0. The molecular weight excluding hydrogens is 296 g/mol. The molecule has 0 radical (unpaired) electrons. The fourth-order valence-corrected chi connectivity index (χ4v) is 2.55. The zero-order valence-electron chi connectivity index (χ0n) is 14.0. The largest absolute Gasteiger partial charge is 0.393 e. The number of nitrogens with zero attached hydrogens (tertiary/aromatic N) is 5. The number of hydrogen-bond acceptors (Lipinski definition) is 6. The Kier molecular flexibility index (Phi) is 5.49. The molecule has 2 atom stereocenters. The number of likely N-dealkylation sites (N-methyl/N-ethyl adjacent to an activating group) is 1. The van der Waals surface area contributed by atoms with Gasteiger partial charge in [-0.15, -0.1) is 0 Å². The van der Waals surface area contributed by atoms with Gasteiger partial charge in [0.2, 0.25) is 5.91 Å². The fraction of sp³-hybridized carbons (Fsp3) is 0.600. The van der Waals surface area contributed by atoms with Crippen molar-refractivity contribution in [2.24, 2.45) is 0 Å². The number of aliphatic hydroxyl groups excluding tert-OH is 1. The quantitative estimate of drug-likeness (QED) is 0.781. The highest BCUT2D eigenvalue weighted by Gasteiger charge is 2.17. The minimum absolute atomic E-state index is 0.0533. The number of nitrogens with one attached hydrogen (secondary N) is 1. The summed E-state index contributed by atoms with van der Waals surface area (Å²) < 4.78 is 1.95. The van der Waals surface area contributed by atoms with Gasteiger partial charge in [-0.2, -0.15) is 0 Å². The van der Waals surface area contributed by atoms with Crippen LogP contribution in [0, 0.1) is 0 Å². The van der Waals surface area contributed by atoms with Gasteiger partial charge in [-0.25, -0.2) is 15.0 Å². The average Bonchev–Trinajstić information content (AvgIpc) is 2.89. The highest BCUT2D eigenvalue weighted by Crippen LogP contribution is 2.24. The molecule has 8 nitrogen and oxygen atoms in total. The maximum absolute atomic E-state index is 10.9. The third kappa shape index (κ3) is 4.16. The van der Waals surface area contributed by atoms with Gasteiger partial charge in [-0.3, -0.25) is 4.79 Å². The first-order valence-electron chi connectivity index (χ1n) is 7.71. The normalized spacial score (nSPS) is 13.8. The van der Waals surface area contributed by atoms with Crippen LogP contribution in [0.2, 0.25) is 0 Å². The van der Waals surface area contributed by atoms with Crippen molar-refractivity contribution < 1.29 is 9.90 Å². The summed E-state index contributed by atoms with van der Waals surface area (Å²) in [6, 6.07) is 0.0902. The smallest absolute Gasteiger partial charge is 0.216 e. The molecular formula is C15H24N6O2. The summed E-state index contributed by atoms with van der Waals surface area (Å²) in [4.78, 5) is 26.0. The van der Waals surface area contributed by atoms with E-state index in [0.717, 1.165) is 17.0 Å². The Hall–Kier alpha value is -2.22. The fourth-order valence-electron chi connectivity index (χ4n) is 2.55. The topological polar surface area (TPSA) is 96.2 Å². The Morgan fingerprint density at radius 1 is 1.39 bits per heavy atom. The molecule has 0 saturated heterocycles. The molecule has 2 aromatic rings.